The van der Waals surface area contributed by atoms with Crippen molar-refractivity contribution in [3.8, 4) is 5.75 Å². The minimum absolute atomic E-state index is 0.0860. The molecule has 0 aliphatic carbocycles. The van der Waals surface area contributed by atoms with Gasteiger partial charge in [0.25, 0.3) is 11.8 Å². The van der Waals surface area contributed by atoms with E-state index in [1.165, 1.54) is 36.3 Å². The van der Waals surface area contributed by atoms with Crippen LogP contribution in [0.5, 0.6) is 5.75 Å². The van der Waals surface area contributed by atoms with Crippen LogP contribution in [0.1, 0.15) is 21.5 Å². The van der Waals surface area contributed by atoms with E-state index in [0.717, 1.165) is 11.8 Å². The first-order valence-corrected chi connectivity index (χ1v) is 10.9. The minimum atomic E-state index is -3.43. The summed E-state index contributed by atoms with van der Waals surface area (Å²) in [4.78, 5) is 39.3. The summed E-state index contributed by atoms with van der Waals surface area (Å²) < 4.78 is 28.7. The molecule has 2 aliphatic heterocycles. The molecule has 1 fully saturated rings. The highest BCUT2D eigenvalue weighted by Crippen LogP contribution is 2.32. The molecule has 2 aromatic rings. The molecule has 0 saturated carbocycles. The zero-order valence-corrected chi connectivity index (χ0v) is 17.1. The number of urea groups is 1. The molecule has 0 aromatic heterocycles. The van der Waals surface area contributed by atoms with Crippen molar-refractivity contribution in [1.82, 2.24) is 15.5 Å². The Kier molecular flexibility index (Phi) is 4.53. The summed E-state index contributed by atoms with van der Waals surface area (Å²) in [5.74, 6) is -0.354. The number of hydrogen-bond donors (Lipinski definition) is 2. The van der Waals surface area contributed by atoms with Crippen LogP contribution in [0.2, 0.25) is 0 Å². The van der Waals surface area contributed by atoms with Gasteiger partial charge in [0.05, 0.1) is 18.6 Å². The molecular weight excluding hydrogens is 410 g/mol. The number of hydrogen-bond acceptors (Lipinski definition) is 6. The molecule has 1 saturated heterocycles. The topological polar surface area (TPSA) is 122 Å². The first-order valence-electron chi connectivity index (χ1n) is 9.04. The monoisotopic (exact) mass is 429 g/mol. The fourth-order valence-corrected chi connectivity index (χ4v) is 4.40. The average Bonchev–Trinajstić information content (AvgIpc) is 3.17. The van der Waals surface area contributed by atoms with E-state index in [9.17, 15) is 22.8 Å². The van der Waals surface area contributed by atoms with E-state index in [2.05, 4.69) is 10.6 Å². The zero-order chi connectivity index (χ0) is 21.7. The second-order valence-corrected chi connectivity index (χ2v) is 9.31. The number of nitrogens with one attached hydrogen (secondary N) is 2. The van der Waals surface area contributed by atoms with Crippen LogP contribution < -0.4 is 15.4 Å². The highest BCUT2D eigenvalue weighted by atomic mass is 32.2. The summed E-state index contributed by atoms with van der Waals surface area (Å²) in [5, 5.41) is 4.83. The number of sulfone groups is 1. The molecule has 1 atom stereocenters. The summed E-state index contributed by atoms with van der Waals surface area (Å²) in [5.41, 5.74) is 0.101. The number of nitrogens with zero attached hydrogens (tertiary/aromatic N) is 1. The Bertz CT molecular complexity index is 1180. The highest BCUT2D eigenvalue weighted by molar-refractivity contribution is 7.90. The predicted octanol–water partition coefficient (Wildman–Crippen LogP) is 0.789. The van der Waals surface area contributed by atoms with Crippen molar-refractivity contribution in [2.24, 2.45) is 0 Å². The number of carbonyl (C=O) groups is 3. The number of carbonyl (C=O) groups excluding carboxylic acids is 3. The zero-order valence-electron chi connectivity index (χ0n) is 16.3. The van der Waals surface area contributed by atoms with Crippen LogP contribution in [-0.4, -0.2) is 51.1 Å². The van der Waals surface area contributed by atoms with Crippen molar-refractivity contribution < 1.29 is 27.5 Å². The van der Waals surface area contributed by atoms with E-state index in [-0.39, 0.29) is 23.9 Å². The van der Waals surface area contributed by atoms with Gasteiger partial charge < -0.3 is 15.0 Å². The predicted molar refractivity (Wildman–Crippen MR) is 106 cm³/mol. The van der Waals surface area contributed by atoms with Crippen molar-refractivity contribution in [3.05, 3.63) is 59.2 Å². The third-order valence-electron chi connectivity index (χ3n) is 5.34. The van der Waals surface area contributed by atoms with Crippen LogP contribution in [0.4, 0.5) is 4.79 Å². The summed E-state index contributed by atoms with van der Waals surface area (Å²) in [7, 11) is -1.92. The van der Waals surface area contributed by atoms with Gasteiger partial charge in [-0.2, -0.15) is 0 Å². The van der Waals surface area contributed by atoms with E-state index >= 15 is 0 Å². The molecule has 156 valence electrons. The molecule has 9 nitrogen and oxygen atoms in total. The van der Waals surface area contributed by atoms with Gasteiger partial charge in [0.2, 0.25) is 0 Å². The second kappa shape index (κ2) is 6.84. The van der Waals surface area contributed by atoms with Crippen LogP contribution >= 0.6 is 0 Å². The molecule has 2 heterocycles. The number of imide groups is 1. The Morgan fingerprint density at radius 3 is 2.37 bits per heavy atom. The highest BCUT2D eigenvalue weighted by Gasteiger charge is 2.50. The van der Waals surface area contributed by atoms with Gasteiger partial charge in [0.15, 0.2) is 15.4 Å². The number of benzene rings is 2. The van der Waals surface area contributed by atoms with E-state index in [1.54, 1.807) is 18.2 Å². The molecule has 2 aromatic carbocycles. The van der Waals surface area contributed by atoms with Crippen LogP contribution in [0.3, 0.4) is 0 Å². The first kappa shape index (κ1) is 19.9. The molecule has 2 N–H and O–H groups in total. The van der Waals surface area contributed by atoms with E-state index < -0.39 is 27.3 Å². The van der Waals surface area contributed by atoms with Gasteiger partial charge in [0.1, 0.15) is 5.75 Å². The molecule has 0 unspecified atom stereocenters. The Labute approximate surface area is 172 Å². The Morgan fingerprint density at radius 1 is 1.10 bits per heavy atom. The van der Waals surface area contributed by atoms with Crippen molar-refractivity contribution in [2.45, 2.75) is 17.0 Å². The smallest absolute Gasteiger partial charge is 0.322 e. The molecule has 2 aliphatic rings. The lowest BCUT2D eigenvalue weighted by atomic mass is 9.89. The number of rotatable bonds is 5. The molecule has 30 heavy (non-hydrogen) atoms. The molecular formula is C20H19N3O6S. The van der Waals surface area contributed by atoms with Gasteiger partial charge in [0, 0.05) is 18.4 Å². The molecule has 0 bridgehead atoms. The lowest BCUT2D eigenvalue weighted by molar-refractivity contribution is -0.124. The lowest BCUT2D eigenvalue weighted by Gasteiger charge is -2.31. The summed E-state index contributed by atoms with van der Waals surface area (Å²) >= 11 is 0. The fourth-order valence-electron chi connectivity index (χ4n) is 3.77. The third-order valence-corrected chi connectivity index (χ3v) is 6.47. The molecule has 10 heteroatoms. The van der Waals surface area contributed by atoms with Gasteiger partial charge >= 0.3 is 6.03 Å². The van der Waals surface area contributed by atoms with Crippen LogP contribution in [0, 0.1) is 0 Å². The van der Waals surface area contributed by atoms with E-state index in [1.807, 2.05) is 0 Å². The standard InChI is InChI=1S/C20H19N3O6S/c1-29-14-6-3-12-10-23(17(24)16(12)9-14)11-20(18(25)21-19(26)22-20)13-4-7-15(8-5-13)30(2,27)28/h3-9H,10-11H2,1-2H3,(H2,21,22,25,26)/t20-/m0/s1. The van der Waals surface area contributed by atoms with Crippen molar-refractivity contribution in [1.29, 1.82) is 0 Å². The summed E-state index contributed by atoms with van der Waals surface area (Å²) in [6.07, 6.45) is 1.08. The van der Waals surface area contributed by atoms with Gasteiger partial charge in [-0.15, -0.1) is 0 Å². The molecule has 4 rings (SSSR count). The Hall–Kier alpha value is -3.40. The quantitative estimate of drug-likeness (QED) is 0.678. The lowest BCUT2D eigenvalue weighted by Crippen LogP contribution is -2.52. The fraction of sp³-hybridized carbons (Fsp3) is 0.250. The maximum atomic E-state index is 12.9. The SMILES string of the molecule is COc1ccc2c(c1)C(=O)N(C[C@@]1(c3ccc(S(C)(=O)=O)cc3)NC(=O)NC1=O)C2. The average molecular weight is 429 g/mol. The normalized spacial score (nSPS) is 20.7. The van der Waals surface area contributed by atoms with Gasteiger partial charge in [-0.05, 0) is 35.4 Å². The van der Waals surface area contributed by atoms with Crippen molar-refractivity contribution in [3.63, 3.8) is 0 Å². The molecule has 0 radical (unpaired) electrons. The number of ether oxygens (including phenoxy) is 1. The number of amides is 4. The van der Waals surface area contributed by atoms with Gasteiger partial charge in [-0.25, -0.2) is 13.2 Å². The largest absolute Gasteiger partial charge is 0.497 e. The maximum absolute atomic E-state index is 12.9. The molecule has 4 amide bonds. The molecule has 0 spiro atoms. The first-order chi connectivity index (χ1) is 14.1. The van der Waals surface area contributed by atoms with Crippen molar-refractivity contribution in [2.75, 3.05) is 19.9 Å². The second-order valence-electron chi connectivity index (χ2n) is 7.29. The minimum Gasteiger partial charge on any atom is -0.497 e. The number of methoxy groups -OCH3 is 1. The van der Waals surface area contributed by atoms with E-state index in [4.69, 9.17) is 4.74 Å². The van der Waals surface area contributed by atoms with Gasteiger partial charge in [-0.1, -0.05) is 18.2 Å². The maximum Gasteiger partial charge on any atom is 0.322 e. The third kappa shape index (κ3) is 3.18. The van der Waals surface area contributed by atoms with Crippen molar-refractivity contribution >= 4 is 27.7 Å². The van der Waals surface area contributed by atoms with Crippen LogP contribution in [0.15, 0.2) is 47.4 Å². The van der Waals surface area contributed by atoms with Crippen LogP contribution in [-0.2, 0) is 26.7 Å². The van der Waals surface area contributed by atoms with E-state index in [0.29, 0.717) is 16.9 Å². The Balaban J connectivity index is 1.70. The summed E-state index contributed by atoms with van der Waals surface area (Å²) in [6.45, 7) is 0.156. The van der Waals surface area contributed by atoms with Gasteiger partial charge in [-0.3, -0.25) is 14.9 Å². The number of fused-ring (bicyclic) bond motifs is 1. The summed E-state index contributed by atoms with van der Waals surface area (Å²) in [6, 6.07) is 10.2. The van der Waals surface area contributed by atoms with Crippen LogP contribution in [0.25, 0.3) is 0 Å². The Morgan fingerprint density at radius 2 is 1.80 bits per heavy atom.